The van der Waals surface area contributed by atoms with Crippen molar-refractivity contribution in [3.63, 3.8) is 0 Å². The van der Waals surface area contributed by atoms with Crippen molar-refractivity contribution >= 4 is 0 Å². The number of benzene rings is 2. The van der Waals surface area contributed by atoms with Crippen LogP contribution in [-0.4, -0.2) is 17.0 Å². The van der Waals surface area contributed by atoms with Crippen molar-refractivity contribution in [3.8, 4) is 0 Å². The molecule has 0 N–H and O–H groups in total. The molecule has 0 radical (unpaired) electrons. The Balaban J connectivity index is 1.02. The highest BCUT2D eigenvalue weighted by Gasteiger charge is 2.62. The second-order valence-corrected chi connectivity index (χ2v) is 18.7. The summed E-state index contributed by atoms with van der Waals surface area (Å²) in [6.07, 6.45) is 42.9. The zero-order valence-electron chi connectivity index (χ0n) is 32.0. The normalized spacial score (nSPS) is 36.9. The molecule has 2 aromatic carbocycles. The van der Waals surface area contributed by atoms with Crippen LogP contribution in [0, 0.1) is 29.1 Å². The first-order chi connectivity index (χ1) is 26.1. The number of hydrogen-bond donors (Lipinski definition) is 0. The van der Waals surface area contributed by atoms with Gasteiger partial charge in [0.1, 0.15) is 0 Å². The lowest BCUT2D eigenvalue weighted by Crippen LogP contribution is -2.49. The number of nitrogens with zero attached hydrogens (tertiary/aromatic N) is 1. The van der Waals surface area contributed by atoms with Crippen LogP contribution in [-0.2, 0) is 5.41 Å². The van der Waals surface area contributed by atoms with Crippen molar-refractivity contribution in [2.24, 2.45) is 29.1 Å². The van der Waals surface area contributed by atoms with Crippen LogP contribution in [0.25, 0.3) is 0 Å². The lowest BCUT2D eigenvalue weighted by Gasteiger charge is -2.50. The molecular weight excluding hydrogens is 639 g/mol. The first kappa shape index (κ1) is 32.6. The summed E-state index contributed by atoms with van der Waals surface area (Å²) >= 11 is 0. The fraction of sp³-hybridized carbons (Fsp3) is 0.462. The van der Waals surface area contributed by atoms with Crippen LogP contribution in [0.2, 0.25) is 0 Å². The van der Waals surface area contributed by atoms with E-state index in [0.717, 1.165) is 12.3 Å². The molecule has 2 aromatic rings. The fourth-order valence-corrected chi connectivity index (χ4v) is 14.2. The van der Waals surface area contributed by atoms with Gasteiger partial charge >= 0.3 is 0 Å². The smallest absolute Gasteiger partial charge is 0.0585 e. The van der Waals surface area contributed by atoms with Crippen LogP contribution in [0.5, 0.6) is 0 Å². The van der Waals surface area contributed by atoms with Gasteiger partial charge in [0, 0.05) is 29.0 Å². The summed E-state index contributed by atoms with van der Waals surface area (Å²) in [5, 5.41) is 0. The molecule has 270 valence electrons. The predicted octanol–water partition coefficient (Wildman–Crippen LogP) is 12.7. The van der Waals surface area contributed by atoms with Gasteiger partial charge in [0.25, 0.3) is 0 Å². The minimum Gasteiger partial charge on any atom is -0.361 e. The first-order valence-corrected chi connectivity index (χ1v) is 21.6. The van der Waals surface area contributed by atoms with Crippen LogP contribution in [0.15, 0.2) is 143 Å². The number of allylic oxidation sites excluding steroid dienone is 13. The Labute approximate surface area is 318 Å². The molecule has 1 heteroatoms. The molecule has 0 aromatic heterocycles. The molecule has 0 heterocycles. The summed E-state index contributed by atoms with van der Waals surface area (Å²) < 4.78 is 0. The quantitative estimate of drug-likeness (QED) is 0.308. The van der Waals surface area contributed by atoms with E-state index in [0.29, 0.717) is 41.7 Å². The minimum absolute atomic E-state index is 0.0130. The topological polar surface area (TPSA) is 3.24 Å². The summed E-state index contributed by atoms with van der Waals surface area (Å²) in [5.74, 6) is 3.70. The largest absolute Gasteiger partial charge is 0.361 e. The molecular formula is C52H57N. The van der Waals surface area contributed by atoms with E-state index in [-0.39, 0.29) is 10.8 Å². The van der Waals surface area contributed by atoms with Crippen molar-refractivity contribution in [1.82, 2.24) is 4.90 Å². The Morgan fingerprint density at radius 2 is 1.53 bits per heavy atom. The number of fused-ring (bicyclic) bond motifs is 12. The maximum absolute atomic E-state index is 3.02. The van der Waals surface area contributed by atoms with Crippen molar-refractivity contribution < 1.29 is 0 Å². The van der Waals surface area contributed by atoms with Crippen LogP contribution in [0.4, 0.5) is 0 Å². The SMILES string of the molecule is CC1(C)C2=C(CCC=C2)C2CCC(N(C3=CCC(C4=CC=CCC4)C=C3)C3C=CC=C4C3c3ccccc3C43c4ccccc4C4CCCCC43)CC21. The van der Waals surface area contributed by atoms with E-state index in [1.165, 1.54) is 76.3 Å². The van der Waals surface area contributed by atoms with E-state index in [1.807, 2.05) is 5.57 Å². The molecule has 0 amide bonds. The van der Waals surface area contributed by atoms with E-state index >= 15 is 0 Å². The van der Waals surface area contributed by atoms with Crippen LogP contribution >= 0.6 is 0 Å². The standard InChI is InChI=1S/C52H57N/c1-51(2)43-21-10-6-17-38(43)41-32-31-37(33-48(41)51)53(36-29-27-35(28-30-36)34-15-4-3-5-16-34)49-26-14-25-47-50(49)42-20-9-13-24-46(42)52(47)44-22-11-7-18-39(44)40-19-8-12-23-45(40)52/h3-4,7,9-11,13-15,18,20-22,24-27,29-30,35,37,40-41,45,48-50H,5-6,8,12,16-17,19,23,28,31-33H2,1-2H3. The van der Waals surface area contributed by atoms with Gasteiger partial charge in [-0.25, -0.2) is 0 Å². The van der Waals surface area contributed by atoms with Gasteiger partial charge in [-0.1, -0.05) is 147 Å². The molecule has 0 saturated heterocycles. The Kier molecular flexibility index (Phi) is 7.59. The summed E-state index contributed by atoms with van der Waals surface area (Å²) in [5.41, 5.74) is 15.1. The van der Waals surface area contributed by atoms with Crippen LogP contribution in [0.3, 0.4) is 0 Å². The van der Waals surface area contributed by atoms with Gasteiger partial charge in [-0.3, -0.25) is 0 Å². The molecule has 9 aliphatic rings. The third-order valence-electron chi connectivity index (χ3n) is 16.3. The minimum atomic E-state index is -0.0130. The Hall–Kier alpha value is -3.84. The average Bonchev–Trinajstić information content (AvgIpc) is 3.78. The molecule has 1 spiro atoms. The van der Waals surface area contributed by atoms with Crippen molar-refractivity contribution in [3.05, 3.63) is 166 Å². The molecule has 9 unspecified atom stereocenters. The van der Waals surface area contributed by atoms with E-state index < -0.39 is 0 Å². The molecule has 0 bridgehead atoms. The summed E-state index contributed by atoms with van der Waals surface area (Å²) in [7, 11) is 0. The lowest BCUT2D eigenvalue weighted by atomic mass is 9.61. The summed E-state index contributed by atoms with van der Waals surface area (Å²) in [4.78, 5) is 3.02. The maximum Gasteiger partial charge on any atom is 0.0585 e. The predicted molar refractivity (Wildman–Crippen MR) is 220 cm³/mol. The lowest BCUT2D eigenvalue weighted by molar-refractivity contribution is 0.0789. The van der Waals surface area contributed by atoms with E-state index in [1.54, 1.807) is 39.0 Å². The molecule has 11 rings (SSSR count). The molecule has 1 nitrogen and oxygen atoms in total. The van der Waals surface area contributed by atoms with Gasteiger partial charge in [-0.2, -0.15) is 0 Å². The zero-order chi connectivity index (χ0) is 35.3. The maximum atomic E-state index is 3.02. The van der Waals surface area contributed by atoms with Gasteiger partial charge in [0.15, 0.2) is 0 Å². The average molecular weight is 696 g/mol. The molecule has 2 saturated carbocycles. The zero-order valence-corrected chi connectivity index (χ0v) is 32.0. The number of hydrogen-bond acceptors (Lipinski definition) is 1. The first-order valence-electron chi connectivity index (χ1n) is 21.6. The third-order valence-corrected chi connectivity index (χ3v) is 16.3. The molecule has 2 fully saturated rings. The Bertz CT molecular complexity index is 2090. The van der Waals surface area contributed by atoms with Crippen molar-refractivity contribution in [2.45, 2.75) is 120 Å². The highest BCUT2D eigenvalue weighted by atomic mass is 15.2. The van der Waals surface area contributed by atoms with E-state index in [9.17, 15) is 0 Å². The molecule has 53 heavy (non-hydrogen) atoms. The van der Waals surface area contributed by atoms with Gasteiger partial charge in [-0.05, 0) is 133 Å². The number of rotatable bonds is 4. The molecule has 0 aliphatic heterocycles. The van der Waals surface area contributed by atoms with Gasteiger partial charge in [-0.15, -0.1) is 0 Å². The van der Waals surface area contributed by atoms with Crippen molar-refractivity contribution in [2.75, 3.05) is 0 Å². The fourth-order valence-electron chi connectivity index (χ4n) is 14.2. The van der Waals surface area contributed by atoms with Crippen LogP contribution in [0.1, 0.15) is 125 Å². The molecule has 9 atom stereocenters. The van der Waals surface area contributed by atoms with Crippen molar-refractivity contribution in [1.29, 1.82) is 0 Å². The van der Waals surface area contributed by atoms with Gasteiger partial charge in [0.05, 0.1) is 6.04 Å². The summed E-state index contributed by atoms with van der Waals surface area (Å²) in [6, 6.07) is 20.3. The van der Waals surface area contributed by atoms with Gasteiger partial charge in [0.2, 0.25) is 0 Å². The monoisotopic (exact) mass is 695 g/mol. The Morgan fingerprint density at radius 3 is 2.36 bits per heavy atom. The summed E-state index contributed by atoms with van der Waals surface area (Å²) in [6.45, 7) is 5.17. The second kappa shape index (κ2) is 12.3. The highest BCUT2D eigenvalue weighted by Crippen LogP contribution is 2.69. The van der Waals surface area contributed by atoms with E-state index in [4.69, 9.17) is 0 Å². The van der Waals surface area contributed by atoms with Crippen LogP contribution < -0.4 is 0 Å². The third kappa shape index (κ3) is 4.61. The second-order valence-electron chi connectivity index (χ2n) is 18.7. The van der Waals surface area contributed by atoms with E-state index in [2.05, 4.69) is 134 Å². The highest BCUT2D eigenvalue weighted by molar-refractivity contribution is 5.69. The Morgan fingerprint density at radius 1 is 0.717 bits per heavy atom. The van der Waals surface area contributed by atoms with Gasteiger partial charge < -0.3 is 4.90 Å². The molecule has 9 aliphatic carbocycles.